The molecule has 0 aromatic heterocycles. The molecule has 0 spiro atoms. The van der Waals surface area contributed by atoms with Crippen molar-refractivity contribution in [2.24, 2.45) is 11.5 Å². The van der Waals surface area contributed by atoms with Gasteiger partial charge in [-0.05, 0) is 6.42 Å². The van der Waals surface area contributed by atoms with Crippen LogP contribution in [0.1, 0.15) is 12.8 Å². The van der Waals surface area contributed by atoms with Gasteiger partial charge in [0.05, 0.1) is 6.54 Å². The van der Waals surface area contributed by atoms with E-state index in [2.05, 4.69) is 23.3 Å². The van der Waals surface area contributed by atoms with Crippen molar-refractivity contribution in [3.05, 3.63) is 0 Å². The summed E-state index contributed by atoms with van der Waals surface area (Å²) in [5.74, 6) is -3.36. The molecule has 0 aliphatic rings. The first kappa shape index (κ1) is 18.2. The van der Waals surface area contributed by atoms with E-state index in [9.17, 15) is 19.2 Å². The summed E-state index contributed by atoms with van der Waals surface area (Å²) in [6.45, 7) is -0.338. The molecule has 7 N–H and O–H groups in total. The minimum Gasteiger partial charge on any atom is -0.480 e. The second-order valence-corrected chi connectivity index (χ2v) is 4.28. The van der Waals surface area contributed by atoms with E-state index in [1.165, 1.54) is 0 Å². The molecule has 0 heterocycles. The Morgan fingerprint density at radius 2 is 1.75 bits per heavy atom. The zero-order chi connectivity index (χ0) is 15.7. The van der Waals surface area contributed by atoms with Gasteiger partial charge < -0.3 is 27.2 Å². The van der Waals surface area contributed by atoms with Crippen LogP contribution < -0.4 is 22.1 Å². The van der Waals surface area contributed by atoms with E-state index in [1.807, 2.05) is 0 Å². The average molecular weight is 306 g/mol. The maximum absolute atomic E-state index is 11.9. The largest absolute Gasteiger partial charge is 0.480 e. The van der Waals surface area contributed by atoms with Crippen molar-refractivity contribution in [3.8, 4) is 0 Å². The third kappa shape index (κ3) is 6.95. The second kappa shape index (κ2) is 9.15. The van der Waals surface area contributed by atoms with Crippen molar-refractivity contribution in [3.63, 3.8) is 0 Å². The minimum atomic E-state index is -1.26. The van der Waals surface area contributed by atoms with Gasteiger partial charge in [0.25, 0.3) is 0 Å². The summed E-state index contributed by atoms with van der Waals surface area (Å²) in [4.78, 5) is 44.6. The third-order valence-corrected chi connectivity index (χ3v) is 2.68. The number of thiol groups is 1. The fraction of sp³-hybridized carbons (Fsp3) is 0.600. The van der Waals surface area contributed by atoms with E-state index in [1.54, 1.807) is 0 Å². The highest BCUT2D eigenvalue weighted by molar-refractivity contribution is 7.80. The Balaban J connectivity index is 4.72. The molecule has 0 radical (unpaired) electrons. The van der Waals surface area contributed by atoms with E-state index in [0.717, 1.165) is 0 Å². The van der Waals surface area contributed by atoms with Gasteiger partial charge in [0, 0.05) is 12.2 Å². The SMILES string of the molecule is NCC(=O)N[C@@H](CCC(N)=O)C(=O)N[C@@H](CS)C(=O)O. The number of amides is 3. The molecular weight excluding hydrogens is 288 g/mol. The number of carbonyl (C=O) groups is 4. The van der Waals surface area contributed by atoms with Gasteiger partial charge in [-0.25, -0.2) is 4.79 Å². The van der Waals surface area contributed by atoms with Crippen molar-refractivity contribution >= 4 is 36.3 Å². The maximum Gasteiger partial charge on any atom is 0.327 e. The molecule has 0 unspecified atom stereocenters. The summed E-state index contributed by atoms with van der Waals surface area (Å²) >= 11 is 3.79. The Hall–Kier alpha value is -1.81. The molecular formula is C10H18N4O5S. The van der Waals surface area contributed by atoms with Gasteiger partial charge in [-0.2, -0.15) is 12.6 Å². The van der Waals surface area contributed by atoms with Crippen LogP contribution in [0.4, 0.5) is 0 Å². The normalized spacial score (nSPS) is 13.1. The quantitative estimate of drug-likeness (QED) is 0.252. The van der Waals surface area contributed by atoms with Crippen LogP contribution in [0.25, 0.3) is 0 Å². The van der Waals surface area contributed by atoms with Gasteiger partial charge in [-0.1, -0.05) is 0 Å². The van der Waals surface area contributed by atoms with Crippen LogP contribution in [0, 0.1) is 0 Å². The first-order valence-corrected chi connectivity index (χ1v) is 6.36. The molecule has 0 saturated carbocycles. The molecule has 0 aliphatic heterocycles. The topological polar surface area (TPSA) is 165 Å². The van der Waals surface area contributed by atoms with Crippen LogP contribution in [0.2, 0.25) is 0 Å². The molecule has 0 bridgehead atoms. The number of hydrogen-bond acceptors (Lipinski definition) is 6. The first-order valence-electron chi connectivity index (χ1n) is 5.73. The highest BCUT2D eigenvalue weighted by atomic mass is 32.1. The summed E-state index contributed by atoms with van der Waals surface area (Å²) in [6.07, 6.45) is -0.187. The van der Waals surface area contributed by atoms with Crippen molar-refractivity contribution in [1.82, 2.24) is 10.6 Å². The average Bonchev–Trinajstić information content (AvgIpc) is 2.39. The summed E-state index contributed by atoms with van der Waals surface area (Å²) in [5, 5.41) is 13.3. The molecule has 10 heteroatoms. The zero-order valence-corrected chi connectivity index (χ0v) is 11.6. The molecule has 2 atom stereocenters. The monoisotopic (exact) mass is 306 g/mol. The van der Waals surface area contributed by atoms with Crippen molar-refractivity contribution in [2.75, 3.05) is 12.3 Å². The van der Waals surface area contributed by atoms with Gasteiger partial charge in [0.2, 0.25) is 17.7 Å². The molecule has 0 saturated heterocycles. The van der Waals surface area contributed by atoms with Crippen LogP contribution in [0.15, 0.2) is 0 Å². The molecule has 0 fully saturated rings. The van der Waals surface area contributed by atoms with Crippen LogP contribution in [-0.4, -0.2) is 53.2 Å². The lowest BCUT2D eigenvalue weighted by atomic mass is 10.1. The number of carboxylic acids is 1. The fourth-order valence-electron chi connectivity index (χ4n) is 1.27. The summed E-state index contributed by atoms with van der Waals surface area (Å²) in [5.41, 5.74) is 10.1. The molecule has 9 nitrogen and oxygen atoms in total. The van der Waals surface area contributed by atoms with Gasteiger partial charge in [0.15, 0.2) is 0 Å². The zero-order valence-electron chi connectivity index (χ0n) is 10.7. The number of primary amides is 1. The van der Waals surface area contributed by atoms with E-state index >= 15 is 0 Å². The number of carboxylic acid groups (broad SMARTS) is 1. The van der Waals surface area contributed by atoms with Crippen LogP contribution in [0.5, 0.6) is 0 Å². The van der Waals surface area contributed by atoms with Gasteiger partial charge in [-0.15, -0.1) is 0 Å². The summed E-state index contributed by atoms with van der Waals surface area (Å²) < 4.78 is 0. The Bertz CT molecular complexity index is 390. The lowest BCUT2D eigenvalue weighted by Gasteiger charge is -2.20. The number of nitrogens with two attached hydrogens (primary N) is 2. The Kier molecular flexibility index (Phi) is 8.32. The predicted octanol–water partition coefficient (Wildman–Crippen LogP) is -2.81. The van der Waals surface area contributed by atoms with Crippen molar-refractivity contribution in [2.45, 2.75) is 24.9 Å². The molecule has 0 aromatic carbocycles. The third-order valence-electron chi connectivity index (χ3n) is 2.31. The highest BCUT2D eigenvalue weighted by Gasteiger charge is 2.25. The minimum absolute atomic E-state index is 0.0498. The first-order chi connectivity index (χ1) is 9.31. The Labute approximate surface area is 120 Å². The number of hydrogen-bond donors (Lipinski definition) is 6. The van der Waals surface area contributed by atoms with E-state index in [4.69, 9.17) is 16.6 Å². The standard InChI is InChI=1S/C10H18N4O5S/c11-3-8(16)13-5(1-2-7(12)15)9(17)14-6(4-20)10(18)19/h5-6,20H,1-4,11H2,(H2,12,15)(H,13,16)(H,14,17)(H,18,19)/t5-,6-/m0/s1. The van der Waals surface area contributed by atoms with Gasteiger partial charge in [-0.3, -0.25) is 14.4 Å². The molecule has 0 aromatic rings. The highest BCUT2D eigenvalue weighted by Crippen LogP contribution is 1.99. The van der Waals surface area contributed by atoms with Gasteiger partial charge in [0.1, 0.15) is 12.1 Å². The Morgan fingerprint density at radius 3 is 2.15 bits per heavy atom. The maximum atomic E-state index is 11.9. The van der Waals surface area contributed by atoms with E-state index < -0.39 is 35.8 Å². The molecule has 114 valence electrons. The van der Waals surface area contributed by atoms with Crippen molar-refractivity contribution in [1.29, 1.82) is 0 Å². The van der Waals surface area contributed by atoms with Crippen LogP contribution in [-0.2, 0) is 19.2 Å². The fourth-order valence-corrected chi connectivity index (χ4v) is 1.51. The van der Waals surface area contributed by atoms with E-state index in [0.29, 0.717) is 0 Å². The molecule has 20 heavy (non-hydrogen) atoms. The van der Waals surface area contributed by atoms with E-state index in [-0.39, 0.29) is 25.1 Å². The summed E-state index contributed by atoms with van der Waals surface area (Å²) in [6, 6.07) is -2.28. The second-order valence-electron chi connectivity index (χ2n) is 3.91. The lowest BCUT2D eigenvalue weighted by molar-refractivity contribution is -0.141. The molecule has 0 aliphatic carbocycles. The van der Waals surface area contributed by atoms with Crippen LogP contribution >= 0.6 is 12.6 Å². The number of aliphatic carboxylic acids is 1. The van der Waals surface area contributed by atoms with Crippen molar-refractivity contribution < 1.29 is 24.3 Å². The summed E-state index contributed by atoms with van der Waals surface area (Å²) in [7, 11) is 0. The smallest absolute Gasteiger partial charge is 0.327 e. The predicted molar refractivity (Wildman–Crippen MR) is 72.8 cm³/mol. The number of nitrogens with one attached hydrogen (secondary N) is 2. The Morgan fingerprint density at radius 1 is 1.15 bits per heavy atom. The number of rotatable bonds is 9. The van der Waals surface area contributed by atoms with Gasteiger partial charge >= 0.3 is 5.97 Å². The molecule has 3 amide bonds. The number of carbonyl (C=O) groups excluding carboxylic acids is 3. The van der Waals surface area contributed by atoms with Crippen LogP contribution in [0.3, 0.4) is 0 Å². The lowest BCUT2D eigenvalue weighted by Crippen LogP contribution is -2.53. The molecule has 0 rings (SSSR count).